The summed E-state index contributed by atoms with van der Waals surface area (Å²) in [5, 5.41) is 5.67. The van der Waals surface area contributed by atoms with Crippen LogP contribution >= 0.6 is 0 Å². The van der Waals surface area contributed by atoms with E-state index in [1.165, 1.54) is 19.3 Å². The van der Waals surface area contributed by atoms with Crippen LogP contribution in [-0.4, -0.2) is 56.7 Å². The predicted molar refractivity (Wildman–Crippen MR) is 122 cm³/mol. The van der Waals surface area contributed by atoms with Crippen LogP contribution in [0.1, 0.15) is 57.2 Å². The number of aromatic nitrogens is 4. The largest absolute Gasteiger partial charge is 0.352 e. The molecular formula is C24H30N6O. The Morgan fingerprint density at radius 1 is 1.00 bits per heavy atom. The number of anilines is 1. The highest BCUT2D eigenvalue weighted by Gasteiger charge is 2.27. The summed E-state index contributed by atoms with van der Waals surface area (Å²) >= 11 is 0. The van der Waals surface area contributed by atoms with E-state index in [0.29, 0.717) is 12.3 Å². The Kier molecular flexibility index (Phi) is 5.57. The van der Waals surface area contributed by atoms with Crippen LogP contribution in [-0.2, 0) is 4.79 Å². The van der Waals surface area contributed by atoms with Gasteiger partial charge in [0, 0.05) is 38.5 Å². The number of amides is 1. The SMILES string of the molecule is CCC(=O)N1CCN(c2nc(C3CCCCC3)nc3c2cnn3-c2ccccc2)CC1. The molecule has 162 valence electrons. The van der Waals surface area contributed by atoms with E-state index >= 15 is 0 Å². The van der Waals surface area contributed by atoms with Crippen LogP contribution in [0.2, 0.25) is 0 Å². The Bertz CT molecular complexity index is 1050. The van der Waals surface area contributed by atoms with Crippen molar-refractivity contribution < 1.29 is 4.79 Å². The second-order valence-electron chi connectivity index (χ2n) is 8.59. The smallest absolute Gasteiger partial charge is 0.222 e. The maximum absolute atomic E-state index is 12.1. The predicted octanol–water partition coefficient (Wildman–Crippen LogP) is 3.92. The fourth-order valence-electron chi connectivity index (χ4n) is 4.84. The van der Waals surface area contributed by atoms with E-state index in [4.69, 9.17) is 9.97 Å². The third-order valence-electron chi connectivity index (χ3n) is 6.63. The lowest BCUT2D eigenvalue weighted by molar-refractivity contribution is -0.131. The Balaban J connectivity index is 1.55. The van der Waals surface area contributed by atoms with E-state index in [1.54, 1.807) is 0 Å². The third kappa shape index (κ3) is 3.89. The van der Waals surface area contributed by atoms with Crippen molar-refractivity contribution in [3.63, 3.8) is 0 Å². The molecule has 0 unspecified atom stereocenters. The normalized spacial score (nSPS) is 18.0. The Morgan fingerprint density at radius 2 is 1.74 bits per heavy atom. The summed E-state index contributed by atoms with van der Waals surface area (Å²) in [5.41, 5.74) is 1.89. The molecule has 0 bridgehead atoms. The van der Waals surface area contributed by atoms with Gasteiger partial charge in [-0.2, -0.15) is 5.10 Å². The number of hydrogen-bond donors (Lipinski definition) is 0. The summed E-state index contributed by atoms with van der Waals surface area (Å²) in [4.78, 5) is 26.5. The summed E-state index contributed by atoms with van der Waals surface area (Å²) in [6.45, 7) is 4.99. The van der Waals surface area contributed by atoms with E-state index in [0.717, 1.165) is 67.4 Å². The maximum atomic E-state index is 12.1. The number of carbonyl (C=O) groups excluding carboxylic acids is 1. The number of para-hydroxylation sites is 1. The van der Waals surface area contributed by atoms with Gasteiger partial charge in [0.25, 0.3) is 0 Å². The minimum atomic E-state index is 0.229. The van der Waals surface area contributed by atoms with Crippen LogP contribution in [0, 0.1) is 0 Å². The van der Waals surface area contributed by atoms with Crippen molar-refractivity contribution in [2.45, 2.75) is 51.4 Å². The van der Waals surface area contributed by atoms with Gasteiger partial charge in [-0.05, 0) is 25.0 Å². The number of hydrogen-bond acceptors (Lipinski definition) is 5. The number of nitrogens with zero attached hydrogens (tertiary/aromatic N) is 6. The quantitative estimate of drug-likeness (QED) is 0.642. The lowest BCUT2D eigenvalue weighted by atomic mass is 9.88. The van der Waals surface area contributed by atoms with Crippen LogP contribution in [0.4, 0.5) is 5.82 Å². The average molecular weight is 419 g/mol. The number of piperazine rings is 1. The molecule has 2 fully saturated rings. The molecule has 0 radical (unpaired) electrons. The van der Waals surface area contributed by atoms with Crippen molar-refractivity contribution in [1.29, 1.82) is 0 Å². The van der Waals surface area contributed by atoms with Gasteiger partial charge in [-0.1, -0.05) is 44.4 Å². The zero-order valence-corrected chi connectivity index (χ0v) is 18.2. The molecule has 1 saturated carbocycles. The minimum absolute atomic E-state index is 0.229. The molecule has 2 aliphatic rings. The highest BCUT2D eigenvalue weighted by atomic mass is 16.2. The van der Waals surface area contributed by atoms with Crippen LogP contribution < -0.4 is 4.90 Å². The first-order valence-electron chi connectivity index (χ1n) is 11.6. The van der Waals surface area contributed by atoms with E-state index in [2.05, 4.69) is 22.1 Å². The fraction of sp³-hybridized carbons (Fsp3) is 0.500. The molecule has 1 aromatic carbocycles. The van der Waals surface area contributed by atoms with Crippen molar-refractivity contribution in [3.8, 4) is 5.69 Å². The molecule has 1 aliphatic carbocycles. The molecule has 3 aromatic rings. The van der Waals surface area contributed by atoms with Crippen molar-refractivity contribution in [1.82, 2.24) is 24.6 Å². The van der Waals surface area contributed by atoms with E-state index in [-0.39, 0.29) is 5.91 Å². The molecule has 3 heterocycles. The molecule has 31 heavy (non-hydrogen) atoms. The molecule has 1 aliphatic heterocycles. The highest BCUT2D eigenvalue weighted by Crippen LogP contribution is 2.34. The zero-order valence-electron chi connectivity index (χ0n) is 18.2. The van der Waals surface area contributed by atoms with Gasteiger partial charge in [0.1, 0.15) is 11.6 Å². The first kappa shape index (κ1) is 20.0. The molecule has 0 atom stereocenters. The molecular weight excluding hydrogens is 388 g/mol. The van der Waals surface area contributed by atoms with Crippen LogP contribution in [0.15, 0.2) is 36.5 Å². The van der Waals surface area contributed by atoms with Crippen molar-refractivity contribution in [2.75, 3.05) is 31.1 Å². The van der Waals surface area contributed by atoms with Gasteiger partial charge < -0.3 is 9.80 Å². The van der Waals surface area contributed by atoms with Crippen LogP contribution in [0.25, 0.3) is 16.7 Å². The molecule has 0 spiro atoms. The van der Waals surface area contributed by atoms with Gasteiger partial charge in [0.05, 0.1) is 17.3 Å². The van der Waals surface area contributed by atoms with Crippen molar-refractivity contribution in [2.24, 2.45) is 0 Å². The summed E-state index contributed by atoms with van der Waals surface area (Å²) in [6, 6.07) is 10.2. The van der Waals surface area contributed by atoms with Crippen LogP contribution in [0.3, 0.4) is 0 Å². The van der Waals surface area contributed by atoms with Crippen molar-refractivity contribution in [3.05, 3.63) is 42.4 Å². The number of benzene rings is 1. The van der Waals surface area contributed by atoms with E-state index in [9.17, 15) is 4.79 Å². The zero-order chi connectivity index (χ0) is 21.2. The standard InChI is InChI=1S/C24H30N6O/c1-2-21(31)28-13-15-29(16-14-28)23-20-17-25-30(19-11-7-4-8-12-19)24(20)27-22(26-23)18-9-5-3-6-10-18/h4,7-8,11-12,17-18H,2-3,5-6,9-10,13-16H2,1H3. The van der Waals surface area contributed by atoms with Gasteiger partial charge in [0.15, 0.2) is 5.65 Å². The molecule has 7 heteroatoms. The Hall–Kier alpha value is -2.96. The number of fused-ring (bicyclic) bond motifs is 1. The van der Waals surface area contributed by atoms with Gasteiger partial charge >= 0.3 is 0 Å². The molecule has 2 aromatic heterocycles. The summed E-state index contributed by atoms with van der Waals surface area (Å²) < 4.78 is 1.93. The maximum Gasteiger partial charge on any atom is 0.222 e. The van der Waals surface area contributed by atoms with E-state index < -0.39 is 0 Å². The molecule has 5 rings (SSSR count). The van der Waals surface area contributed by atoms with Gasteiger partial charge in [-0.15, -0.1) is 0 Å². The van der Waals surface area contributed by atoms with E-state index in [1.807, 2.05) is 40.9 Å². The second-order valence-corrected chi connectivity index (χ2v) is 8.59. The number of carbonyl (C=O) groups is 1. The minimum Gasteiger partial charge on any atom is -0.352 e. The third-order valence-corrected chi connectivity index (χ3v) is 6.63. The Labute approximate surface area is 183 Å². The monoisotopic (exact) mass is 418 g/mol. The van der Waals surface area contributed by atoms with Gasteiger partial charge in [-0.3, -0.25) is 4.79 Å². The lowest BCUT2D eigenvalue weighted by Crippen LogP contribution is -2.49. The molecule has 7 nitrogen and oxygen atoms in total. The van der Waals surface area contributed by atoms with Gasteiger partial charge in [-0.25, -0.2) is 14.6 Å². The topological polar surface area (TPSA) is 67.2 Å². The van der Waals surface area contributed by atoms with Gasteiger partial charge in [0.2, 0.25) is 5.91 Å². The molecule has 0 N–H and O–H groups in total. The average Bonchev–Trinajstić information content (AvgIpc) is 3.28. The summed E-state index contributed by atoms with van der Waals surface area (Å²) in [5.74, 6) is 2.56. The summed E-state index contributed by atoms with van der Waals surface area (Å²) in [6.07, 6.45) is 8.57. The fourth-order valence-corrected chi connectivity index (χ4v) is 4.84. The van der Waals surface area contributed by atoms with Crippen LogP contribution in [0.5, 0.6) is 0 Å². The first-order chi connectivity index (χ1) is 15.2. The first-order valence-corrected chi connectivity index (χ1v) is 11.6. The summed E-state index contributed by atoms with van der Waals surface area (Å²) in [7, 11) is 0. The second kappa shape index (κ2) is 8.65. The number of rotatable bonds is 4. The highest BCUT2D eigenvalue weighted by molar-refractivity contribution is 5.88. The lowest BCUT2D eigenvalue weighted by Gasteiger charge is -2.36. The van der Waals surface area contributed by atoms with Crippen molar-refractivity contribution >= 4 is 22.8 Å². The molecule has 1 amide bonds. The molecule has 1 saturated heterocycles. The Morgan fingerprint density at radius 3 is 2.45 bits per heavy atom.